The SMILES string of the molecule is O=C(CCC(=O)NNC(=O)N1c2ccccc2Sc2ccccc21)NCc1ccccc1. The molecule has 3 aromatic rings. The molecule has 0 fully saturated rings. The Morgan fingerprint density at radius 3 is 1.91 bits per heavy atom. The van der Waals surface area contributed by atoms with Crippen molar-refractivity contribution in [2.45, 2.75) is 29.2 Å². The molecule has 0 bridgehead atoms. The van der Waals surface area contributed by atoms with Crippen LogP contribution in [0.5, 0.6) is 0 Å². The molecule has 0 radical (unpaired) electrons. The first-order valence-corrected chi connectivity index (χ1v) is 11.0. The number of nitrogens with one attached hydrogen (secondary N) is 3. The molecule has 4 amide bonds. The standard InChI is InChI=1S/C24H22N4O3S/c29-22(25-16-17-8-2-1-3-9-17)14-15-23(30)26-27-24(31)28-18-10-4-6-12-20(18)32-21-13-7-5-11-19(21)28/h1-13H,14-16H2,(H,25,29)(H,26,30)(H,27,31). The molecule has 0 spiro atoms. The number of hydrogen-bond acceptors (Lipinski definition) is 4. The number of urea groups is 1. The van der Waals surface area contributed by atoms with E-state index < -0.39 is 11.9 Å². The van der Waals surface area contributed by atoms with E-state index in [0.29, 0.717) is 6.54 Å². The lowest BCUT2D eigenvalue weighted by atomic mass is 10.2. The Kier molecular flexibility index (Phi) is 6.72. The topological polar surface area (TPSA) is 90.5 Å². The predicted octanol–water partition coefficient (Wildman–Crippen LogP) is 4.13. The highest BCUT2D eigenvalue weighted by Crippen LogP contribution is 2.47. The van der Waals surface area contributed by atoms with Crippen molar-refractivity contribution < 1.29 is 14.4 Å². The summed E-state index contributed by atoms with van der Waals surface area (Å²) in [4.78, 5) is 40.5. The van der Waals surface area contributed by atoms with Gasteiger partial charge in [-0.3, -0.25) is 19.9 Å². The van der Waals surface area contributed by atoms with Crippen LogP contribution in [-0.2, 0) is 16.1 Å². The van der Waals surface area contributed by atoms with Crippen LogP contribution in [-0.4, -0.2) is 17.8 Å². The van der Waals surface area contributed by atoms with E-state index >= 15 is 0 Å². The molecular weight excluding hydrogens is 424 g/mol. The number of para-hydroxylation sites is 2. The van der Waals surface area contributed by atoms with E-state index in [2.05, 4.69) is 16.2 Å². The number of nitrogens with zero attached hydrogens (tertiary/aromatic N) is 1. The number of carbonyl (C=O) groups excluding carboxylic acids is 3. The molecule has 0 saturated carbocycles. The number of benzene rings is 3. The number of amides is 4. The third-order valence-corrected chi connectivity index (χ3v) is 5.99. The van der Waals surface area contributed by atoms with Gasteiger partial charge in [0.1, 0.15) is 0 Å². The summed E-state index contributed by atoms with van der Waals surface area (Å²) in [5.41, 5.74) is 7.33. The molecule has 0 saturated heterocycles. The lowest BCUT2D eigenvalue weighted by molar-refractivity contribution is -0.126. The van der Waals surface area contributed by atoms with E-state index in [0.717, 1.165) is 26.7 Å². The number of hydrogen-bond donors (Lipinski definition) is 3. The van der Waals surface area contributed by atoms with Gasteiger partial charge in [-0.2, -0.15) is 0 Å². The summed E-state index contributed by atoms with van der Waals surface area (Å²) in [7, 11) is 0. The maximum Gasteiger partial charge on any atom is 0.345 e. The molecule has 3 aromatic carbocycles. The molecule has 1 aliphatic heterocycles. The Hall–Kier alpha value is -3.78. The first-order chi connectivity index (χ1) is 15.6. The predicted molar refractivity (Wildman–Crippen MR) is 123 cm³/mol. The molecule has 1 aliphatic rings. The highest BCUT2D eigenvalue weighted by atomic mass is 32.2. The fourth-order valence-corrected chi connectivity index (χ4v) is 4.33. The lowest BCUT2D eigenvalue weighted by Crippen LogP contribution is -2.48. The summed E-state index contributed by atoms with van der Waals surface area (Å²) in [6.07, 6.45) is -0.00944. The van der Waals surface area contributed by atoms with Gasteiger partial charge >= 0.3 is 6.03 Å². The van der Waals surface area contributed by atoms with Crippen LogP contribution >= 0.6 is 11.8 Å². The van der Waals surface area contributed by atoms with E-state index in [4.69, 9.17) is 0 Å². The minimum absolute atomic E-state index is 0.0283. The van der Waals surface area contributed by atoms with Gasteiger partial charge in [0.05, 0.1) is 11.4 Å². The summed E-state index contributed by atoms with van der Waals surface area (Å²) in [6, 6.07) is 24.2. The molecule has 162 valence electrons. The van der Waals surface area contributed by atoms with Crippen molar-refractivity contribution in [2.24, 2.45) is 0 Å². The molecule has 0 aromatic heterocycles. The third-order valence-electron chi connectivity index (χ3n) is 4.86. The summed E-state index contributed by atoms with van der Waals surface area (Å²) in [5.74, 6) is -0.674. The Labute approximate surface area is 190 Å². The average Bonchev–Trinajstić information content (AvgIpc) is 2.83. The molecule has 1 heterocycles. The molecule has 0 unspecified atom stereocenters. The molecule has 7 nitrogen and oxygen atoms in total. The number of carbonyl (C=O) groups is 3. The number of rotatable bonds is 5. The van der Waals surface area contributed by atoms with E-state index in [1.807, 2.05) is 78.9 Å². The van der Waals surface area contributed by atoms with Gasteiger partial charge in [-0.25, -0.2) is 10.2 Å². The Bertz CT molecular complexity index is 1090. The fourth-order valence-electron chi connectivity index (χ4n) is 3.28. The number of fused-ring (bicyclic) bond motifs is 2. The zero-order valence-corrected chi connectivity index (χ0v) is 18.0. The van der Waals surface area contributed by atoms with Crippen LogP contribution < -0.4 is 21.1 Å². The molecule has 4 rings (SSSR count). The van der Waals surface area contributed by atoms with Gasteiger partial charge in [0.2, 0.25) is 11.8 Å². The first kappa shape index (κ1) is 21.5. The number of hydrazine groups is 1. The van der Waals surface area contributed by atoms with E-state index in [1.54, 1.807) is 11.8 Å². The van der Waals surface area contributed by atoms with Crippen LogP contribution in [0.25, 0.3) is 0 Å². The molecule has 3 N–H and O–H groups in total. The van der Waals surface area contributed by atoms with Crippen LogP contribution in [0.1, 0.15) is 18.4 Å². The van der Waals surface area contributed by atoms with Crippen LogP contribution in [0, 0.1) is 0 Å². The summed E-state index contributed by atoms with van der Waals surface area (Å²) in [5, 5.41) is 2.78. The normalized spacial score (nSPS) is 11.7. The Morgan fingerprint density at radius 2 is 1.25 bits per heavy atom. The summed E-state index contributed by atoms with van der Waals surface area (Å²) in [6.45, 7) is 0.407. The minimum Gasteiger partial charge on any atom is -0.352 e. The quantitative estimate of drug-likeness (QED) is 0.514. The zero-order chi connectivity index (χ0) is 22.3. The second kappa shape index (κ2) is 10.0. The van der Waals surface area contributed by atoms with Crippen molar-refractivity contribution in [1.29, 1.82) is 0 Å². The largest absolute Gasteiger partial charge is 0.352 e. The van der Waals surface area contributed by atoms with E-state index in [-0.39, 0.29) is 18.7 Å². The average molecular weight is 447 g/mol. The van der Waals surface area contributed by atoms with Gasteiger partial charge in [-0.05, 0) is 29.8 Å². The maximum atomic E-state index is 12.9. The van der Waals surface area contributed by atoms with Gasteiger partial charge in [0.25, 0.3) is 0 Å². The molecule has 32 heavy (non-hydrogen) atoms. The Morgan fingerprint density at radius 1 is 0.688 bits per heavy atom. The molecular formula is C24H22N4O3S. The fraction of sp³-hybridized carbons (Fsp3) is 0.125. The smallest absolute Gasteiger partial charge is 0.345 e. The van der Waals surface area contributed by atoms with Crippen LogP contribution in [0.3, 0.4) is 0 Å². The summed E-state index contributed by atoms with van der Waals surface area (Å²) < 4.78 is 0. The van der Waals surface area contributed by atoms with Crippen molar-refractivity contribution in [3.8, 4) is 0 Å². The van der Waals surface area contributed by atoms with Crippen molar-refractivity contribution in [3.05, 3.63) is 84.4 Å². The number of anilines is 2. The Balaban J connectivity index is 1.30. The lowest BCUT2D eigenvalue weighted by Gasteiger charge is -2.30. The van der Waals surface area contributed by atoms with Crippen molar-refractivity contribution in [1.82, 2.24) is 16.2 Å². The van der Waals surface area contributed by atoms with Gasteiger partial charge in [0.15, 0.2) is 0 Å². The highest BCUT2D eigenvalue weighted by Gasteiger charge is 2.28. The zero-order valence-electron chi connectivity index (χ0n) is 17.2. The van der Waals surface area contributed by atoms with Gasteiger partial charge in [-0.15, -0.1) is 0 Å². The second-order valence-corrected chi connectivity index (χ2v) is 8.20. The van der Waals surface area contributed by atoms with Gasteiger partial charge in [-0.1, -0.05) is 66.4 Å². The van der Waals surface area contributed by atoms with Gasteiger partial charge < -0.3 is 5.32 Å². The highest BCUT2D eigenvalue weighted by molar-refractivity contribution is 7.99. The van der Waals surface area contributed by atoms with Crippen molar-refractivity contribution >= 4 is 41.0 Å². The van der Waals surface area contributed by atoms with Crippen LogP contribution in [0.15, 0.2) is 88.7 Å². The van der Waals surface area contributed by atoms with E-state index in [9.17, 15) is 14.4 Å². The van der Waals surface area contributed by atoms with E-state index in [1.165, 1.54) is 4.90 Å². The van der Waals surface area contributed by atoms with Gasteiger partial charge in [0, 0.05) is 29.2 Å². The molecule has 8 heteroatoms. The second-order valence-electron chi connectivity index (χ2n) is 7.11. The molecule has 0 aliphatic carbocycles. The minimum atomic E-state index is -0.480. The monoisotopic (exact) mass is 446 g/mol. The third kappa shape index (κ3) is 5.09. The van der Waals surface area contributed by atoms with Crippen molar-refractivity contribution in [3.63, 3.8) is 0 Å². The van der Waals surface area contributed by atoms with Crippen LogP contribution in [0.2, 0.25) is 0 Å². The van der Waals surface area contributed by atoms with Crippen LogP contribution in [0.4, 0.5) is 16.2 Å². The van der Waals surface area contributed by atoms with Crippen molar-refractivity contribution in [2.75, 3.05) is 4.90 Å². The summed E-state index contributed by atoms with van der Waals surface area (Å²) >= 11 is 1.59. The maximum absolute atomic E-state index is 12.9. The molecule has 0 atom stereocenters. The first-order valence-electron chi connectivity index (χ1n) is 10.2.